The van der Waals surface area contributed by atoms with Crippen molar-refractivity contribution < 1.29 is 0 Å². The van der Waals surface area contributed by atoms with Crippen molar-refractivity contribution in [3.8, 4) is 6.07 Å². The summed E-state index contributed by atoms with van der Waals surface area (Å²) in [6.45, 7) is 1.91. The quantitative estimate of drug-likeness (QED) is 0.745. The maximum atomic E-state index is 8.56. The normalized spacial score (nSPS) is 12.4. The summed E-state index contributed by atoms with van der Waals surface area (Å²) in [5, 5.41) is 16.5. The highest BCUT2D eigenvalue weighted by Crippen LogP contribution is 2.28. The summed E-state index contributed by atoms with van der Waals surface area (Å²) in [5.41, 5.74) is 0. The van der Waals surface area contributed by atoms with Crippen molar-refractivity contribution in [2.24, 2.45) is 5.92 Å². The number of thioether (sulfide) groups is 2. The van der Waals surface area contributed by atoms with Gasteiger partial charge in [-0.25, -0.2) is 0 Å². The molecule has 1 unspecified atom stereocenters. The molecule has 0 fully saturated rings. The Bertz CT molecular complexity index is 304. The van der Waals surface area contributed by atoms with Gasteiger partial charge in [-0.1, -0.05) is 34.9 Å². The van der Waals surface area contributed by atoms with Crippen LogP contribution in [0.1, 0.15) is 6.92 Å². The molecule has 13 heavy (non-hydrogen) atoms. The molecule has 1 atom stereocenters. The lowest BCUT2D eigenvalue weighted by atomic mass is 10.3. The molecule has 0 saturated carbocycles. The van der Waals surface area contributed by atoms with Crippen molar-refractivity contribution in [1.29, 1.82) is 5.26 Å². The van der Waals surface area contributed by atoms with E-state index in [-0.39, 0.29) is 5.92 Å². The van der Waals surface area contributed by atoms with E-state index in [9.17, 15) is 0 Å². The van der Waals surface area contributed by atoms with Gasteiger partial charge in [0.1, 0.15) is 0 Å². The molecule has 0 radical (unpaired) electrons. The van der Waals surface area contributed by atoms with Crippen LogP contribution < -0.4 is 0 Å². The summed E-state index contributed by atoms with van der Waals surface area (Å²) in [4.78, 5) is 0. The van der Waals surface area contributed by atoms with Crippen LogP contribution >= 0.6 is 34.9 Å². The van der Waals surface area contributed by atoms with Crippen molar-refractivity contribution in [1.82, 2.24) is 10.2 Å². The van der Waals surface area contributed by atoms with E-state index in [0.717, 1.165) is 14.4 Å². The fourth-order valence-corrected chi connectivity index (χ4v) is 2.98. The van der Waals surface area contributed by atoms with Crippen LogP contribution in [0, 0.1) is 17.2 Å². The van der Waals surface area contributed by atoms with Gasteiger partial charge in [-0.2, -0.15) is 5.26 Å². The van der Waals surface area contributed by atoms with E-state index in [1.54, 1.807) is 34.9 Å². The highest BCUT2D eigenvalue weighted by Gasteiger charge is 2.06. The summed E-state index contributed by atoms with van der Waals surface area (Å²) in [6.07, 6.45) is 1.98. The van der Waals surface area contributed by atoms with Crippen LogP contribution in [0.5, 0.6) is 0 Å². The summed E-state index contributed by atoms with van der Waals surface area (Å²) < 4.78 is 1.93. The highest BCUT2D eigenvalue weighted by atomic mass is 32.2. The first-order valence-electron chi connectivity index (χ1n) is 3.66. The van der Waals surface area contributed by atoms with Crippen LogP contribution in [-0.4, -0.2) is 22.2 Å². The lowest BCUT2D eigenvalue weighted by Crippen LogP contribution is -1.92. The number of rotatable bonds is 4. The SMILES string of the molecule is CSc1nnc(SCC(C)C#N)s1. The molecule has 1 aromatic rings. The van der Waals surface area contributed by atoms with E-state index in [1.807, 2.05) is 13.2 Å². The fourth-order valence-electron chi connectivity index (χ4n) is 0.572. The summed E-state index contributed by atoms with van der Waals surface area (Å²) in [5.74, 6) is 0.867. The second-order valence-electron chi connectivity index (χ2n) is 2.38. The molecule has 1 aromatic heterocycles. The van der Waals surface area contributed by atoms with Gasteiger partial charge in [-0.3, -0.25) is 0 Å². The van der Waals surface area contributed by atoms with Gasteiger partial charge in [0.15, 0.2) is 8.68 Å². The molecule has 0 aliphatic carbocycles. The number of hydrogen-bond donors (Lipinski definition) is 0. The molecule has 0 amide bonds. The molecule has 6 heteroatoms. The Kier molecular flexibility index (Phi) is 4.56. The van der Waals surface area contributed by atoms with Gasteiger partial charge in [0.2, 0.25) is 0 Å². The molecule has 0 saturated heterocycles. The van der Waals surface area contributed by atoms with Gasteiger partial charge in [0.05, 0.1) is 12.0 Å². The topological polar surface area (TPSA) is 49.6 Å². The minimum atomic E-state index is 0.0756. The predicted octanol–water partition coefficient (Wildman–Crippen LogP) is 2.51. The van der Waals surface area contributed by atoms with E-state index in [4.69, 9.17) is 5.26 Å². The molecule has 70 valence electrons. The van der Waals surface area contributed by atoms with E-state index in [0.29, 0.717) is 0 Å². The molecule has 0 spiro atoms. The van der Waals surface area contributed by atoms with Gasteiger partial charge in [0, 0.05) is 5.75 Å². The highest BCUT2D eigenvalue weighted by molar-refractivity contribution is 8.02. The zero-order valence-corrected chi connectivity index (χ0v) is 9.80. The minimum Gasteiger partial charge on any atom is -0.198 e. The molecule has 3 nitrogen and oxygen atoms in total. The summed E-state index contributed by atoms with van der Waals surface area (Å²) >= 11 is 4.77. The number of aromatic nitrogens is 2. The Hall–Kier alpha value is -0.250. The average molecular weight is 231 g/mol. The van der Waals surface area contributed by atoms with E-state index in [2.05, 4.69) is 16.3 Å². The van der Waals surface area contributed by atoms with Gasteiger partial charge in [-0.05, 0) is 13.2 Å². The van der Waals surface area contributed by atoms with Crippen LogP contribution in [-0.2, 0) is 0 Å². The number of nitriles is 1. The lowest BCUT2D eigenvalue weighted by molar-refractivity contribution is 0.861. The van der Waals surface area contributed by atoms with Crippen molar-refractivity contribution >= 4 is 34.9 Å². The van der Waals surface area contributed by atoms with E-state index >= 15 is 0 Å². The molecular weight excluding hydrogens is 222 g/mol. The van der Waals surface area contributed by atoms with Gasteiger partial charge >= 0.3 is 0 Å². The van der Waals surface area contributed by atoms with Crippen molar-refractivity contribution in [3.05, 3.63) is 0 Å². The summed E-state index contributed by atoms with van der Waals surface area (Å²) in [7, 11) is 0. The van der Waals surface area contributed by atoms with Gasteiger partial charge in [-0.15, -0.1) is 10.2 Å². The third-order valence-corrected chi connectivity index (χ3v) is 4.53. The van der Waals surface area contributed by atoms with Crippen LogP contribution in [0.4, 0.5) is 0 Å². The average Bonchev–Trinajstić information content (AvgIpc) is 2.61. The Labute approximate surface area is 89.9 Å². The van der Waals surface area contributed by atoms with E-state index < -0.39 is 0 Å². The second kappa shape index (κ2) is 5.47. The second-order valence-corrected chi connectivity index (χ2v) is 5.68. The van der Waals surface area contributed by atoms with E-state index in [1.165, 1.54) is 0 Å². The largest absolute Gasteiger partial charge is 0.198 e. The predicted molar refractivity (Wildman–Crippen MR) is 57.2 cm³/mol. The maximum absolute atomic E-state index is 8.56. The Balaban J connectivity index is 2.42. The first-order chi connectivity index (χ1) is 6.26. The van der Waals surface area contributed by atoms with Crippen molar-refractivity contribution in [3.63, 3.8) is 0 Å². The molecule has 1 rings (SSSR count). The third kappa shape index (κ3) is 3.55. The first-order valence-corrected chi connectivity index (χ1v) is 6.69. The minimum absolute atomic E-state index is 0.0756. The van der Waals surface area contributed by atoms with Gasteiger partial charge < -0.3 is 0 Å². The fraction of sp³-hybridized carbons (Fsp3) is 0.571. The molecular formula is C7H9N3S3. The molecule has 0 bridgehead atoms. The molecule has 1 heterocycles. The standard InChI is InChI=1S/C7H9N3S3/c1-5(3-8)4-12-7-10-9-6(11-2)13-7/h5H,4H2,1-2H3. The molecule has 0 aliphatic rings. The summed E-state index contributed by atoms with van der Waals surface area (Å²) in [6, 6.07) is 2.19. The Morgan fingerprint density at radius 1 is 1.54 bits per heavy atom. The zero-order chi connectivity index (χ0) is 9.68. The Morgan fingerprint density at radius 3 is 2.77 bits per heavy atom. The van der Waals surface area contributed by atoms with Crippen LogP contribution in [0.25, 0.3) is 0 Å². The number of nitrogens with zero attached hydrogens (tertiary/aromatic N) is 3. The third-order valence-electron chi connectivity index (χ3n) is 1.24. The number of hydrogen-bond acceptors (Lipinski definition) is 6. The Morgan fingerprint density at radius 2 is 2.23 bits per heavy atom. The smallest absolute Gasteiger partial charge is 0.175 e. The van der Waals surface area contributed by atoms with Crippen LogP contribution in [0.3, 0.4) is 0 Å². The molecule has 0 aliphatic heterocycles. The lowest BCUT2D eigenvalue weighted by Gasteiger charge is -1.96. The van der Waals surface area contributed by atoms with Gasteiger partial charge in [0.25, 0.3) is 0 Å². The van der Waals surface area contributed by atoms with Crippen molar-refractivity contribution in [2.75, 3.05) is 12.0 Å². The zero-order valence-electron chi connectivity index (χ0n) is 7.35. The maximum Gasteiger partial charge on any atom is 0.175 e. The van der Waals surface area contributed by atoms with Crippen LogP contribution in [0.2, 0.25) is 0 Å². The van der Waals surface area contributed by atoms with Crippen LogP contribution in [0.15, 0.2) is 8.68 Å². The monoisotopic (exact) mass is 231 g/mol. The molecule has 0 aromatic carbocycles. The first kappa shape index (κ1) is 10.8. The molecule has 0 N–H and O–H groups in total. The van der Waals surface area contributed by atoms with Crippen molar-refractivity contribution in [2.45, 2.75) is 15.6 Å².